The first-order valence-corrected chi connectivity index (χ1v) is 8.50. The van der Waals surface area contributed by atoms with E-state index in [1.54, 1.807) is 0 Å². The van der Waals surface area contributed by atoms with Crippen LogP contribution in [0.25, 0.3) is 0 Å². The van der Waals surface area contributed by atoms with Crippen molar-refractivity contribution in [2.75, 3.05) is 13.6 Å². The topological polar surface area (TPSA) is 46.6 Å². The van der Waals surface area contributed by atoms with E-state index in [1.807, 2.05) is 0 Å². The van der Waals surface area contributed by atoms with Gasteiger partial charge in [-0.1, -0.05) is 23.2 Å². The van der Waals surface area contributed by atoms with Crippen molar-refractivity contribution in [3.8, 4) is 0 Å². The molecule has 0 aromatic heterocycles. The molecule has 142 valence electrons. The zero-order valence-corrected chi connectivity index (χ0v) is 15.3. The molecule has 1 aliphatic carbocycles. The largest absolute Gasteiger partial charge is 0.427 e. The highest BCUT2D eigenvalue weighted by Crippen LogP contribution is 2.31. The van der Waals surface area contributed by atoms with Gasteiger partial charge in [0.2, 0.25) is 0 Å². The summed E-state index contributed by atoms with van der Waals surface area (Å²) in [6.07, 6.45) is -1.67. The highest BCUT2D eigenvalue weighted by Gasteiger charge is 2.30. The lowest BCUT2D eigenvalue weighted by Gasteiger charge is -2.21. The predicted molar refractivity (Wildman–Crippen MR) is 91.2 cm³/mol. The molecule has 0 spiro atoms. The standard InChI is InChI=1S/C17H16Cl2F3NO3/c1-23(9-17(20,21)22)8-13-14(18)6-5-12(15(13)19)16(25)26-11-4-2-3-10(24)7-11/h5-7H,2-4,8-9H2,1H3. The average molecular weight is 410 g/mol. The van der Waals surface area contributed by atoms with Crippen LogP contribution < -0.4 is 0 Å². The Morgan fingerprint density at radius 2 is 1.96 bits per heavy atom. The summed E-state index contributed by atoms with van der Waals surface area (Å²) in [6.45, 7) is -1.34. The molecule has 4 nitrogen and oxygen atoms in total. The first-order chi connectivity index (χ1) is 12.1. The Hall–Kier alpha value is -1.57. The number of alkyl halides is 3. The molecule has 1 aromatic rings. The van der Waals surface area contributed by atoms with Crippen molar-refractivity contribution in [1.29, 1.82) is 0 Å². The van der Waals surface area contributed by atoms with E-state index in [0.717, 1.165) is 4.90 Å². The normalized spacial score (nSPS) is 15.2. The molecule has 0 amide bonds. The minimum Gasteiger partial charge on any atom is -0.427 e. The number of hydrogen-bond donors (Lipinski definition) is 0. The van der Waals surface area contributed by atoms with E-state index in [0.29, 0.717) is 19.3 Å². The SMILES string of the molecule is CN(Cc1c(Cl)ccc(C(=O)OC2=CC(=O)CCC2)c1Cl)CC(F)(F)F. The van der Waals surface area contributed by atoms with Crippen LogP contribution in [0.5, 0.6) is 0 Å². The molecule has 1 aromatic carbocycles. The molecule has 26 heavy (non-hydrogen) atoms. The van der Waals surface area contributed by atoms with Crippen molar-refractivity contribution in [3.63, 3.8) is 0 Å². The van der Waals surface area contributed by atoms with Crippen LogP contribution in [0.1, 0.15) is 35.2 Å². The van der Waals surface area contributed by atoms with Crippen LogP contribution >= 0.6 is 23.2 Å². The van der Waals surface area contributed by atoms with E-state index in [-0.39, 0.29) is 39.3 Å². The summed E-state index contributed by atoms with van der Waals surface area (Å²) in [4.78, 5) is 24.7. The van der Waals surface area contributed by atoms with Gasteiger partial charge in [-0.2, -0.15) is 13.2 Å². The van der Waals surface area contributed by atoms with Gasteiger partial charge in [0.15, 0.2) is 5.78 Å². The lowest BCUT2D eigenvalue weighted by Crippen LogP contribution is -2.30. The zero-order valence-electron chi connectivity index (χ0n) is 13.8. The summed E-state index contributed by atoms with van der Waals surface area (Å²) in [5.74, 6) is -0.670. The van der Waals surface area contributed by atoms with E-state index < -0.39 is 18.7 Å². The minimum atomic E-state index is -4.37. The highest BCUT2D eigenvalue weighted by atomic mass is 35.5. The molecule has 1 aliphatic rings. The molecular weight excluding hydrogens is 394 g/mol. The number of hydrogen-bond acceptors (Lipinski definition) is 4. The molecule has 0 fully saturated rings. The third-order valence-corrected chi connectivity index (χ3v) is 4.46. The molecule has 0 bridgehead atoms. The summed E-state index contributed by atoms with van der Waals surface area (Å²) in [5.41, 5.74) is 0.175. The molecule has 0 saturated heterocycles. The smallest absolute Gasteiger partial charge is 0.401 e. The van der Waals surface area contributed by atoms with Crippen molar-refractivity contribution < 1.29 is 27.5 Å². The van der Waals surface area contributed by atoms with E-state index in [2.05, 4.69) is 0 Å². The Morgan fingerprint density at radius 1 is 1.27 bits per heavy atom. The van der Waals surface area contributed by atoms with E-state index in [9.17, 15) is 22.8 Å². The molecule has 0 radical (unpaired) electrons. The molecule has 0 atom stereocenters. The maximum Gasteiger partial charge on any atom is 0.401 e. The molecule has 0 N–H and O–H groups in total. The van der Waals surface area contributed by atoms with Gasteiger partial charge in [-0.25, -0.2) is 4.79 Å². The lowest BCUT2D eigenvalue weighted by molar-refractivity contribution is -0.144. The van der Waals surface area contributed by atoms with Crippen LogP contribution in [0.4, 0.5) is 13.2 Å². The second kappa shape index (κ2) is 8.41. The van der Waals surface area contributed by atoms with Crippen molar-refractivity contribution in [2.45, 2.75) is 32.0 Å². The number of carbonyl (C=O) groups is 2. The van der Waals surface area contributed by atoms with Crippen molar-refractivity contribution in [1.82, 2.24) is 4.90 Å². The van der Waals surface area contributed by atoms with Crippen molar-refractivity contribution >= 4 is 35.0 Å². The second-order valence-corrected chi connectivity index (χ2v) is 6.78. The number of halogens is 5. The number of ether oxygens (including phenoxy) is 1. The molecule has 9 heteroatoms. The Morgan fingerprint density at radius 3 is 2.58 bits per heavy atom. The quantitative estimate of drug-likeness (QED) is 0.656. The number of esters is 1. The number of benzene rings is 1. The maximum absolute atomic E-state index is 12.5. The minimum absolute atomic E-state index is 0.0228. The van der Waals surface area contributed by atoms with Crippen LogP contribution in [-0.2, 0) is 16.1 Å². The fourth-order valence-electron chi connectivity index (χ4n) is 2.55. The molecule has 0 unspecified atom stereocenters. The van der Waals surface area contributed by atoms with Gasteiger partial charge in [-0.3, -0.25) is 9.69 Å². The third-order valence-electron chi connectivity index (χ3n) is 3.68. The summed E-state index contributed by atoms with van der Waals surface area (Å²) >= 11 is 12.2. The Balaban J connectivity index is 2.20. The van der Waals surface area contributed by atoms with Gasteiger partial charge < -0.3 is 4.74 Å². The summed E-state index contributed by atoms with van der Waals surface area (Å²) in [6, 6.07) is 2.71. The Kier molecular flexibility index (Phi) is 6.71. The number of allylic oxidation sites excluding steroid dienone is 2. The fourth-order valence-corrected chi connectivity index (χ4v) is 3.11. The van der Waals surface area contributed by atoms with Gasteiger partial charge in [0.05, 0.1) is 17.1 Å². The fraction of sp³-hybridized carbons (Fsp3) is 0.412. The molecule has 2 rings (SSSR count). The molecule has 0 heterocycles. The lowest BCUT2D eigenvalue weighted by atomic mass is 10.1. The summed E-state index contributed by atoms with van der Waals surface area (Å²) in [7, 11) is 1.27. The van der Waals surface area contributed by atoms with Crippen molar-refractivity contribution in [3.05, 3.63) is 45.1 Å². The number of nitrogens with zero attached hydrogens (tertiary/aromatic N) is 1. The van der Waals surface area contributed by atoms with Gasteiger partial charge in [0.25, 0.3) is 0 Å². The Labute approximate surface area is 158 Å². The zero-order chi connectivity index (χ0) is 19.5. The highest BCUT2D eigenvalue weighted by molar-refractivity contribution is 6.38. The van der Waals surface area contributed by atoms with Crippen LogP contribution in [0, 0.1) is 0 Å². The predicted octanol–water partition coefficient (Wildman–Crippen LogP) is 4.78. The van der Waals surface area contributed by atoms with Crippen LogP contribution in [0.2, 0.25) is 10.0 Å². The third kappa shape index (κ3) is 5.72. The molecule has 0 aliphatic heterocycles. The van der Waals surface area contributed by atoms with Crippen molar-refractivity contribution in [2.24, 2.45) is 0 Å². The van der Waals surface area contributed by atoms with E-state index in [4.69, 9.17) is 27.9 Å². The average Bonchev–Trinajstić information content (AvgIpc) is 2.49. The summed E-state index contributed by atoms with van der Waals surface area (Å²) in [5, 5.41) is 0.0758. The van der Waals surface area contributed by atoms with Crippen LogP contribution in [0.3, 0.4) is 0 Å². The van der Waals surface area contributed by atoms with Gasteiger partial charge in [-0.15, -0.1) is 0 Å². The molecular formula is C17H16Cl2F3NO3. The van der Waals surface area contributed by atoms with Crippen LogP contribution in [-0.4, -0.2) is 36.4 Å². The monoisotopic (exact) mass is 409 g/mol. The maximum atomic E-state index is 12.5. The Bertz CT molecular complexity index is 748. The molecule has 0 saturated carbocycles. The summed E-state index contributed by atoms with van der Waals surface area (Å²) < 4.78 is 42.7. The van der Waals surface area contributed by atoms with E-state index in [1.165, 1.54) is 25.3 Å². The number of rotatable bonds is 5. The van der Waals surface area contributed by atoms with E-state index >= 15 is 0 Å². The second-order valence-electron chi connectivity index (χ2n) is 5.99. The number of carbonyl (C=O) groups excluding carboxylic acids is 2. The van der Waals surface area contributed by atoms with Gasteiger partial charge in [0, 0.05) is 36.0 Å². The number of ketones is 1. The first-order valence-electron chi connectivity index (χ1n) is 7.74. The van der Waals surface area contributed by atoms with Gasteiger partial charge in [0.1, 0.15) is 5.76 Å². The van der Waals surface area contributed by atoms with Crippen LogP contribution in [0.15, 0.2) is 24.0 Å². The van der Waals surface area contributed by atoms with Gasteiger partial charge in [-0.05, 0) is 25.6 Å². The first kappa shape index (κ1) is 20.7. The van der Waals surface area contributed by atoms with Gasteiger partial charge >= 0.3 is 12.1 Å².